The summed E-state index contributed by atoms with van der Waals surface area (Å²) >= 11 is 0. The van der Waals surface area contributed by atoms with Gasteiger partial charge in [-0.25, -0.2) is 9.69 Å². The van der Waals surface area contributed by atoms with Crippen molar-refractivity contribution < 1.29 is 14.4 Å². The van der Waals surface area contributed by atoms with Crippen LogP contribution in [-0.4, -0.2) is 17.8 Å². The van der Waals surface area contributed by atoms with Gasteiger partial charge in [0.1, 0.15) is 5.41 Å². The van der Waals surface area contributed by atoms with Crippen molar-refractivity contribution in [1.29, 1.82) is 0 Å². The molecule has 1 heterocycles. The van der Waals surface area contributed by atoms with Crippen LogP contribution < -0.4 is 10.2 Å². The van der Waals surface area contributed by atoms with Crippen LogP contribution >= 0.6 is 0 Å². The topological polar surface area (TPSA) is 66.5 Å². The second-order valence-corrected chi connectivity index (χ2v) is 5.22. The van der Waals surface area contributed by atoms with Crippen molar-refractivity contribution in [1.82, 2.24) is 5.32 Å². The SMILES string of the molecule is Cc1cccc(C)c1N1C(=O)NC(=O)C2(CC2)C1=O. The van der Waals surface area contributed by atoms with Gasteiger partial charge in [0.15, 0.2) is 0 Å². The van der Waals surface area contributed by atoms with Crippen LogP contribution in [0.3, 0.4) is 0 Å². The maximum atomic E-state index is 12.5. The van der Waals surface area contributed by atoms with Gasteiger partial charge in [0.05, 0.1) is 5.69 Å². The van der Waals surface area contributed by atoms with E-state index in [-0.39, 0.29) is 0 Å². The van der Waals surface area contributed by atoms with E-state index in [9.17, 15) is 14.4 Å². The highest BCUT2D eigenvalue weighted by Crippen LogP contribution is 2.50. The average Bonchev–Trinajstić information content (AvgIpc) is 3.12. The van der Waals surface area contributed by atoms with Gasteiger partial charge in [0.2, 0.25) is 5.91 Å². The summed E-state index contributed by atoms with van der Waals surface area (Å²) in [6, 6.07) is 4.92. The minimum absolute atomic E-state index is 0.390. The Hall–Kier alpha value is -2.17. The molecule has 0 unspecified atom stereocenters. The predicted octanol–water partition coefficient (Wildman–Crippen LogP) is 1.67. The van der Waals surface area contributed by atoms with Gasteiger partial charge >= 0.3 is 6.03 Å². The molecule has 1 N–H and O–H groups in total. The number of aryl methyl sites for hydroxylation is 2. The number of amides is 4. The molecule has 1 aliphatic heterocycles. The molecule has 5 heteroatoms. The summed E-state index contributed by atoms with van der Waals surface area (Å²) < 4.78 is 0. The van der Waals surface area contributed by atoms with Gasteiger partial charge in [0, 0.05) is 0 Å². The summed E-state index contributed by atoms with van der Waals surface area (Å²) in [5, 5.41) is 2.29. The van der Waals surface area contributed by atoms with E-state index in [1.54, 1.807) is 0 Å². The lowest BCUT2D eigenvalue weighted by atomic mass is 9.99. The van der Waals surface area contributed by atoms with Crippen molar-refractivity contribution in [2.75, 3.05) is 4.90 Å². The first-order valence-corrected chi connectivity index (χ1v) is 6.23. The third-order valence-corrected chi connectivity index (χ3v) is 3.88. The lowest BCUT2D eigenvalue weighted by Gasteiger charge is -2.32. The van der Waals surface area contributed by atoms with Crippen molar-refractivity contribution in [3.8, 4) is 0 Å². The molecule has 0 atom stereocenters. The number of hydrogen-bond donors (Lipinski definition) is 1. The lowest BCUT2D eigenvalue weighted by Crippen LogP contribution is -2.59. The number of urea groups is 1. The number of para-hydroxylation sites is 1. The van der Waals surface area contributed by atoms with Gasteiger partial charge in [-0.1, -0.05) is 18.2 Å². The minimum Gasteiger partial charge on any atom is -0.276 e. The second kappa shape index (κ2) is 3.66. The number of benzene rings is 1. The minimum atomic E-state index is -0.997. The lowest BCUT2D eigenvalue weighted by molar-refractivity contribution is -0.136. The third-order valence-electron chi connectivity index (χ3n) is 3.88. The molecule has 0 radical (unpaired) electrons. The first-order valence-electron chi connectivity index (χ1n) is 6.23. The molecule has 0 aromatic heterocycles. The number of rotatable bonds is 1. The summed E-state index contributed by atoms with van der Waals surface area (Å²) in [7, 11) is 0. The molecule has 2 fully saturated rings. The fourth-order valence-corrected chi connectivity index (χ4v) is 2.60. The molecule has 0 bridgehead atoms. The molecule has 1 aromatic carbocycles. The molecule has 98 valence electrons. The maximum absolute atomic E-state index is 12.5. The Morgan fingerprint density at radius 3 is 2.21 bits per heavy atom. The first-order chi connectivity index (χ1) is 8.97. The van der Waals surface area contributed by atoms with Crippen LogP contribution in [-0.2, 0) is 9.59 Å². The molecule has 19 heavy (non-hydrogen) atoms. The van der Waals surface area contributed by atoms with Crippen LogP contribution in [0.4, 0.5) is 10.5 Å². The molecule has 3 rings (SSSR count). The van der Waals surface area contributed by atoms with Gasteiger partial charge in [-0.3, -0.25) is 14.9 Å². The van der Waals surface area contributed by atoms with E-state index in [4.69, 9.17) is 0 Å². The zero-order valence-corrected chi connectivity index (χ0v) is 10.8. The monoisotopic (exact) mass is 258 g/mol. The van der Waals surface area contributed by atoms with E-state index in [0.29, 0.717) is 18.5 Å². The van der Waals surface area contributed by atoms with Crippen LogP contribution in [0, 0.1) is 19.3 Å². The van der Waals surface area contributed by atoms with E-state index in [1.165, 1.54) is 0 Å². The van der Waals surface area contributed by atoms with Gasteiger partial charge in [0.25, 0.3) is 5.91 Å². The fraction of sp³-hybridized carbons (Fsp3) is 0.357. The highest BCUT2D eigenvalue weighted by molar-refractivity contribution is 6.31. The van der Waals surface area contributed by atoms with E-state index in [0.717, 1.165) is 16.0 Å². The number of imide groups is 2. The Balaban J connectivity index is 2.12. The normalized spacial score (nSPS) is 20.7. The summed E-state index contributed by atoms with van der Waals surface area (Å²) in [6.07, 6.45) is 1.04. The molecular formula is C14H14N2O3. The fourth-order valence-electron chi connectivity index (χ4n) is 2.60. The third kappa shape index (κ3) is 1.51. The number of carbonyl (C=O) groups is 3. The van der Waals surface area contributed by atoms with Gasteiger partial charge in [-0.05, 0) is 37.8 Å². The van der Waals surface area contributed by atoms with Gasteiger partial charge < -0.3 is 0 Å². The van der Waals surface area contributed by atoms with Gasteiger partial charge in [-0.2, -0.15) is 0 Å². The van der Waals surface area contributed by atoms with Gasteiger partial charge in [-0.15, -0.1) is 0 Å². The number of barbiturate groups is 1. The van der Waals surface area contributed by atoms with Crippen molar-refractivity contribution in [3.05, 3.63) is 29.3 Å². The Labute approximate surface area is 110 Å². The number of nitrogens with zero attached hydrogens (tertiary/aromatic N) is 1. The molecule has 2 aliphatic rings. The van der Waals surface area contributed by atoms with Crippen LogP contribution in [0.25, 0.3) is 0 Å². The highest BCUT2D eigenvalue weighted by Gasteiger charge is 2.62. The van der Waals surface area contributed by atoms with E-state index < -0.39 is 23.3 Å². The Morgan fingerprint density at radius 2 is 1.68 bits per heavy atom. The zero-order chi connectivity index (χ0) is 13.8. The smallest absolute Gasteiger partial charge is 0.276 e. The van der Waals surface area contributed by atoms with E-state index in [1.807, 2.05) is 32.0 Å². The van der Waals surface area contributed by atoms with Crippen LogP contribution in [0.1, 0.15) is 24.0 Å². The summed E-state index contributed by atoms with van der Waals surface area (Å²) in [5.74, 6) is -0.844. The predicted molar refractivity (Wildman–Crippen MR) is 68.6 cm³/mol. The van der Waals surface area contributed by atoms with Crippen molar-refractivity contribution in [2.24, 2.45) is 5.41 Å². The van der Waals surface area contributed by atoms with Crippen molar-refractivity contribution in [2.45, 2.75) is 26.7 Å². The maximum Gasteiger partial charge on any atom is 0.335 e. The highest BCUT2D eigenvalue weighted by atomic mass is 16.2. The summed E-state index contributed by atoms with van der Waals surface area (Å²) in [4.78, 5) is 37.4. The summed E-state index contributed by atoms with van der Waals surface area (Å²) in [5.41, 5.74) is 1.27. The number of hydrogen-bond acceptors (Lipinski definition) is 3. The van der Waals surface area contributed by atoms with E-state index in [2.05, 4.69) is 5.32 Å². The second-order valence-electron chi connectivity index (χ2n) is 5.22. The zero-order valence-electron chi connectivity index (χ0n) is 10.8. The number of carbonyl (C=O) groups excluding carboxylic acids is 3. The van der Waals surface area contributed by atoms with Crippen LogP contribution in [0.15, 0.2) is 18.2 Å². The first kappa shape index (κ1) is 11.9. The number of anilines is 1. The molecule has 5 nitrogen and oxygen atoms in total. The molecule has 1 saturated heterocycles. The standard InChI is InChI=1S/C14H14N2O3/c1-8-4-3-5-9(2)10(8)16-12(18)14(6-7-14)11(17)15-13(16)19/h3-5H,6-7H2,1-2H3,(H,15,17,19). The largest absolute Gasteiger partial charge is 0.335 e. The Kier molecular flexibility index (Phi) is 2.29. The molecule has 1 spiro atoms. The summed E-state index contributed by atoms with van der Waals surface area (Å²) in [6.45, 7) is 3.69. The number of nitrogens with one attached hydrogen (secondary N) is 1. The Bertz CT molecular complexity index is 597. The molecule has 4 amide bonds. The molecular weight excluding hydrogens is 244 g/mol. The van der Waals surface area contributed by atoms with Crippen LogP contribution in [0.2, 0.25) is 0 Å². The average molecular weight is 258 g/mol. The van der Waals surface area contributed by atoms with Crippen LogP contribution in [0.5, 0.6) is 0 Å². The van der Waals surface area contributed by atoms with Crippen molar-refractivity contribution in [3.63, 3.8) is 0 Å². The molecule has 1 saturated carbocycles. The molecule has 1 aromatic rings. The van der Waals surface area contributed by atoms with Crippen molar-refractivity contribution >= 4 is 23.5 Å². The molecule has 1 aliphatic carbocycles. The quantitative estimate of drug-likeness (QED) is 0.779. The Morgan fingerprint density at radius 1 is 1.11 bits per heavy atom. The van der Waals surface area contributed by atoms with E-state index >= 15 is 0 Å².